The fourth-order valence-corrected chi connectivity index (χ4v) is 4.14. The summed E-state index contributed by atoms with van der Waals surface area (Å²) in [6.45, 7) is 0.330. The molecule has 34 heavy (non-hydrogen) atoms. The van der Waals surface area contributed by atoms with Gasteiger partial charge in [0.25, 0.3) is 0 Å². The van der Waals surface area contributed by atoms with Gasteiger partial charge in [0.15, 0.2) is 0 Å². The maximum atomic E-state index is 13.9. The first-order valence-electron chi connectivity index (χ1n) is 10.7. The summed E-state index contributed by atoms with van der Waals surface area (Å²) in [4.78, 5) is 24.7. The van der Waals surface area contributed by atoms with Crippen LogP contribution in [0.5, 0.6) is 0 Å². The largest absolute Gasteiger partial charge is 0.481 e. The van der Waals surface area contributed by atoms with Crippen LogP contribution in [0, 0.1) is 5.82 Å². The molecule has 7 heteroatoms. The molecule has 1 heterocycles. The highest BCUT2D eigenvalue weighted by Gasteiger charge is 2.15. The lowest BCUT2D eigenvalue weighted by Gasteiger charge is -2.18. The second-order valence-electron chi connectivity index (χ2n) is 8.01. The van der Waals surface area contributed by atoms with Gasteiger partial charge in [0, 0.05) is 16.8 Å². The molecule has 4 aromatic carbocycles. The number of amides is 1. The van der Waals surface area contributed by atoms with E-state index in [1.54, 1.807) is 15.6 Å². The van der Waals surface area contributed by atoms with Crippen molar-refractivity contribution >= 4 is 45.4 Å². The Hall–Kier alpha value is -4.52. The minimum atomic E-state index is -0.997. The van der Waals surface area contributed by atoms with E-state index in [9.17, 15) is 19.1 Å². The lowest BCUT2D eigenvalue weighted by atomic mass is 10.1. The van der Waals surface area contributed by atoms with Crippen molar-refractivity contribution in [3.05, 3.63) is 102 Å². The van der Waals surface area contributed by atoms with Gasteiger partial charge in [-0.25, -0.2) is 4.39 Å². The van der Waals surface area contributed by atoms with Crippen LogP contribution in [-0.2, 0) is 22.6 Å². The van der Waals surface area contributed by atoms with Crippen LogP contribution in [0.1, 0.15) is 11.3 Å². The Bertz CT molecular complexity index is 1530. The Morgan fingerprint density at radius 1 is 0.941 bits per heavy atom. The number of fused-ring (bicyclic) bond motifs is 2. The number of carboxylic acid groups (broad SMARTS) is 1. The number of anilines is 2. The number of carbonyl (C=O) groups excluding carboxylic acids is 1. The number of carboxylic acids is 1. The fourth-order valence-electron chi connectivity index (χ4n) is 4.14. The molecule has 0 aliphatic heterocycles. The van der Waals surface area contributed by atoms with Gasteiger partial charge in [0.2, 0.25) is 6.41 Å². The van der Waals surface area contributed by atoms with Gasteiger partial charge in [-0.05, 0) is 58.8 Å². The van der Waals surface area contributed by atoms with Crippen molar-refractivity contribution < 1.29 is 19.1 Å². The molecular weight excluding hydrogens is 433 g/mol. The number of aromatic nitrogens is 2. The van der Waals surface area contributed by atoms with Crippen LogP contribution in [0.15, 0.2) is 84.9 Å². The van der Waals surface area contributed by atoms with Crippen molar-refractivity contribution in [3.8, 4) is 0 Å². The molecule has 0 atom stereocenters. The van der Waals surface area contributed by atoms with E-state index >= 15 is 0 Å². The van der Waals surface area contributed by atoms with Crippen molar-refractivity contribution in [2.24, 2.45) is 0 Å². The number of rotatable bonds is 7. The minimum Gasteiger partial charge on any atom is -0.481 e. The first kappa shape index (κ1) is 21.3. The molecule has 1 aromatic heterocycles. The minimum absolute atomic E-state index is 0.242. The Morgan fingerprint density at radius 3 is 2.41 bits per heavy atom. The third-order valence-electron chi connectivity index (χ3n) is 5.77. The van der Waals surface area contributed by atoms with E-state index in [0.717, 1.165) is 28.4 Å². The molecule has 0 spiro atoms. The number of benzene rings is 4. The summed E-state index contributed by atoms with van der Waals surface area (Å²) in [5, 5.41) is 16.4. The fraction of sp³-hybridized carbons (Fsp3) is 0.0741. The van der Waals surface area contributed by atoms with Gasteiger partial charge >= 0.3 is 5.97 Å². The van der Waals surface area contributed by atoms with Gasteiger partial charge < -0.3 is 5.11 Å². The summed E-state index contributed by atoms with van der Waals surface area (Å²) in [6, 6.07) is 25.4. The first-order valence-corrected chi connectivity index (χ1v) is 10.7. The van der Waals surface area contributed by atoms with Gasteiger partial charge in [0.1, 0.15) is 5.82 Å². The zero-order chi connectivity index (χ0) is 23.7. The SMILES string of the molecule is O=CN(c1ccc(Cn2nc(CC(=O)O)c3ccc(F)cc32)cc1)c1ccc2ccccc2c1. The Labute approximate surface area is 194 Å². The summed E-state index contributed by atoms with van der Waals surface area (Å²) in [7, 11) is 0. The van der Waals surface area contributed by atoms with Crippen LogP contribution in [-0.4, -0.2) is 27.3 Å². The van der Waals surface area contributed by atoms with Crippen molar-refractivity contribution in [2.75, 3.05) is 4.90 Å². The summed E-state index contributed by atoms with van der Waals surface area (Å²) < 4.78 is 15.5. The number of aliphatic carboxylic acids is 1. The van der Waals surface area contributed by atoms with Crippen LogP contribution in [0.25, 0.3) is 21.7 Å². The van der Waals surface area contributed by atoms with Crippen molar-refractivity contribution in [1.82, 2.24) is 9.78 Å². The van der Waals surface area contributed by atoms with E-state index in [-0.39, 0.29) is 6.42 Å². The van der Waals surface area contributed by atoms with Crippen molar-refractivity contribution in [1.29, 1.82) is 0 Å². The van der Waals surface area contributed by atoms with E-state index in [1.807, 2.05) is 66.7 Å². The Morgan fingerprint density at radius 2 is 1.68 bits per heavy atom. The summed E-state index contributed by atoms with van der Waals surface area (Å²) in [5.41, 5.74) is 3.27. The molecule has 1 amide bonds. The third kappa shape index (κ3) is 4.11. The van der Waals surface area contributed by atoms with Crippen LogP contribution in [0.3, 0.4) is 0 Å². The standard InChI is InChI=1S/C27H20FN3O3/c28-21-8-12-24-25(15-27(33)34)29-31(26(24)14-21)16-18-5-9-22(10-6-18)30(17-32)23-11-7-19-3-1-2-4-20(19)13-23/h1-14,17H,15-16H2,(H,33,34). The van der Waals surface area contributed by atoms with Gasteiger partial charge in [-0.2, -0.15) is 5.10 Å². The predicted octanol–water partition coefficient (Wildman–Crippen LogP) is 5.30. The van der Waals surface area contributed by atoms with Gasteiger partial charge in [0.05, 0.1) is 24.2 Å². The molecule has 0 fully saturated rings. The summed E-state index contributed by atoms with van der Waals surface area (Å²) >= 11 is 0. The van der Waals surface area contributed by atoms with Crippen LogP contribution in [0.4, 0.5) is 15.8 Å². The van der Waals surface area contributed by atoms with E-state index in [1.165, 1.54) is 12.1 Å². The number of carbonyl (C=O) groups is 2. The highest BCUT2D eigenvalue weighted by Crippen LogP contribution is 2.28. The second-order valence-corrected chi connectivity index (χ2v) is 8.01. The predicted molar refractivity (Wildman–Crippen MR) is 129 cm³/mol. The molecule has 0 radical (unpaired) electrons. The quantitative estimate of drug-likeness (QED) is 0.340. The second kappa shape index (κ2) is 8.78. The lowest BCUT2D eigenvalue weighted by Crippen LogP contribution is -2.14. The van der Waals surface area contributed by atoms with Gasteiger partial charge in [-0.15, -0.1) is 0 Å². The number of hydrogen-bond acceptors (Lipinski definition) is 3. The van der Waals surface area contributed by atoms with E-state index in [4.69, 9.17) is 0 Å². The molecule has 0 saturated carbocycles. The van der Waals surface area contributed by atoms with Crippen molar-refractivity contribution in [2.45, 2.75) is 13.0 Å². The number of nitrogens with zero attached hydrogens (tertiary/aromatic N) is 3. The van der Waals surface area contributed by atoms with E-state index < -0.39 is 11.8 Å². The smallest absolute Gasteiger partial charge is 0.309 e. The third-order valence-corrected chi connectivity index (χ3v) is 5.77. The molecule has 6 nitrogen and oxygen atoms in total. The molecule has 168 valence electrons. The lowest BCUT2D eigenvalue weighted by molar-refractivity contribution is -0.136. The molecule has 0 aliphatic rings. The van der Waals surface area contributed by atoms with Gasteiger partial charge in [-0.1, -0.05) is 42.5 Å². The molecule has 0 bridgehead atoms. The topological polar surface area (TPSA) is 75.4 Å². The molecular formula is C27H20FN3O3. The number of halogens is 1. The monoisotopic (exact) mass is 453 g/mol. The number of hydrogen-bond donors (Lipinski definition) is 1. The van der Waals surface area contributed by atoms with Crippen LogP contribution >= 0.6 is 0 Å². The molecule has 5 rings (SSSR count). The average Bonchev–Trinajstić information content (AvgIpc) is 3.16. The molecule has 0 aliphatic carbocycles. The molecule has 5 aromatic rings. The summed E-state index contributed by atoms with van der Waals surface area (Å²) in [5.74, 6) is -1.41. The summed E-state index contributed by atoms with van der Waals surface area (Å²) in [6.07, 6.45) is 0.537. The van der Waals surface area contributed by atoms with Crippen LogP contribution < -0.4 is 4.90 Å². The normalized spacial score (nSPS) is 11.1. The first-order chi connectivity index (χ1) is 16.5. The highest BCUT2D eigenvalue weighted by atomic mass is 19.1. The Kier molecular flexibility index (Phi) is 5.51. The Balaban J connectivity index is 1.44. The average molecular weight is 453 g/mol. The molecule has 1 N–H and O–H groups in total. The van der Waals surface area contributed by atoms with E-state index in [2.05, 4.69) is 5.10 Å². The molecule has 0 unspecified atom stereocenters. The van der Waals surface area contributed by atoms with Gasteiger partial charge in [-0.3, -0.25) is 19.2 Å². The zero-order valence-corrected chi connectivity index (χ0v) is 18.1. The maximum absolute atomic E-state index is 13.9. The van der Waals surface area contributed by atoms with E-state index in [0.29, 0.717) is 28.8 Å². The maximum Gasteiger partial charge on any atom is 0.309 e. The molecule has 0 saturated heterocycles. The zero-order valence-electron chi connectivity index (χ0n) is 18.1. The van der Waals surface area contributed by atoms with Crippen LogP contribution in [0.2, 0.25) is 0 Å². The highest BCUT2D eigenvalue weighted by molar-refractivity contribution is 5.93. The van der Waals surface area contributed by atoms with Crippen molar-refractivity contribution in [3.63, 3.8) is 0 Å².